The minimum absolute atomic E-state index is 0.0726. The Kier molecular flexibility index (Phi) is 3.43. The summed E-state index contributed by atoms with van der Waals surface area (Å²) >= 11 is 0. The first-order valence-corrected chi connectivity index (χ1v) is 5.81. The Labute approximate surface area is 105 Å². The maximum atomic E-state index is 12.0. The Bertz CT molecular complexity index is 486. The van der Waals surface area contributed by atoms with Crippen molar-refractivity contribution in [3.63, 3.8) is 0 Å². The molecule has 1 fully saturated rings. The van der Waals surface area contributed by atoms with Crippen LogP contribution in [0.25, 0.3) is 0 Å². The zero-order chi connectivity index (χ0) is 13.2. The van der Waals surface area contributed by atoms with E-state index in [1.807, 2.05) is 13.0 Å². The van der Waals surface area contributed by atoms with E-state index in [0.29, 0.717) is 12.3 Å². The molecule has 5 nitrogen and oxygen atoms in total. The predicted octanol–water partition coefficient (Wildman–Crippen LogP) is 0.993. The molecule has 18 heavy (non-hydrogen) atoms. The fourth-order valence-electron chi connectivity index (χ4n) is 2.14. The lowest BCUT2D eigenvalue weighted by Gasteiger charge is -2.31. The van der Waals surface area contributed by atoms with Crippen molar-refractivity contribution < 1.29 is 19.4 Å². The highest BCUT2D eigenvalue weighted by Crippen LogP contribution is 2.29. The van der Waals surface area contributed by atoms with Gasteiger partial charge in [-0.1, -0.05) is 6.07 Å². The molecule has 0 saturated carbocycles. The number of nitrogens with zero attached hydrogens (tertiary/aromatic N) is 1. The maximum absolute atomic E-state index is 12.0. The van der Waals surface area contributed by atoms with Gasteiger partial charge in [-0.15, -0.1) is 0 Å². The number of aromatic nitrogens is 1. The monoisotopic (exact) mass is 249 g/mol. The summed E-state index contributed by atoms with van der Waals surface area (Å²) in [7, 11) is 0. The highest BCUT2D eigenvalue weighted by molar-refractivity contribution is 6.04. The lowest BCUT2D eigenvalue weighted by Crippen LogP contribution is -2.48. The first-order chi connectivity index (χ1) is 8.54. The van der Waals surface area contributed by atoms with Crippen LogP contribution in [-0.4, -0.2) is 35.1 Å². The van der Waals surface area contributed by atoms with Gasteiger partial charge in [0.15, 0.2) is 11.2 Å². The number of Topliss-reactive ketones (excluding diaryl/α,β-unsaturated/α-hetero) is 1. The van der Waals surface area contributed by atoms with Gasteiger partial charge in [0, 0.05) is 24.2 Å². The number of hydrogen-bond acceptors (Lipinski definition) is 4. The van der Waals surface area contributed by atoms with Crippen LogP contribution in [0.4, 0.5) is 0 Å². The summed E-state index contributed by atoms with van der Waals surface area (Å²) in [4.78, 5) is 27.7. The maximum Gasteiger partial charge on any atom is 0.319 e. The number of carbonyl (C=O) groups excluding carboxylic acids is 1. The van der Waals surface area contributed by atoms with Crippen LogP contribution < -0.4 is 0 Å². The van der Waals surface area contributed by atoms with Crippen molar-refractivity contribution in [2.24, 2.45) is 5.41 Å². The number of aliphatic carboxylic acids is 1. The molecule has 1 aliphatic heterocycles. The Balaban J connectivity index is 2.31. The molecule has 1 N–H and O–H groups in total. The van der Waals surface area contributed by atoms with Crippen molar-refractivity contribution in [3.05, 3.63) is 29.6 Å². The Morgan fingerprint density at radius 3 is 2.94 bits per heavy atom. The molecule has 96 valence electrons. The fourth-order valence-corrected chi connectivity index (χ4v) is 2.14. The Morgan fingerprint density at radius 2 is 2.33 bits per heavy atom. The summed E-state index contributed by atoms with van der Waals surface area (Å²) in [5.74, 6) is -1.40. The molecule has 0 aromatic carbocycles. The van der Waals surface area contributed by atoms with E-state index >= 15 is 0 Å². The third-order valence-electron chi connectivity index (χ3n) is 3.19. The van der Waals surface area contributed by atoms with Crippen LogP contribution in [0.2, 0.25) is 0 Å². The van der Waals surface area contributed by atoms with Gasteiger partial charge in [0.05, 0.1) is 13.2 Å². The van der Waals surface area contributed by atoms with E-state index in [1.165, 1.54) is 0 Å². The lowest BCUT2D eigenvalue weighted by atomic mass is 9.77. The number of rotatable bonds is 3. The molecular formula is C13H15NO4. The molecule has 0 bridgehead atoms. The number of pyridine rings is 1. The standard InChI is InChI=1S/C13H15NO4/c1-9-3-2-4-10(14-9)7-13(12(16)17)8-18-6-5-11(13)15/h2-4H,5-8H2,1H3,(H,16,17). The van der Waals surface area contributed by atoms with Gasteiger partial charge in [0.25, 0.3) is 0 Å². The van der Waals surface area contributed by atoms with Gasteiger partial charge < -0.3 is 9.84 Å². The van der Waals surface area contributed by atoms with Crippen molar-refractivity contribution in [2.45, 2.75) is 19.8 Å². The summed E-state index contributed by atoms with van der Waals surface area (Å²) in [6.07, 6.45) is 0.237. The van der Waals surface area contributed by atoms with Crippen LogP contribution in [-0.2, 0) is 20.7 Å². The second-order valence-electron chi connectivity index (χ2n) is 4.56. The smallest absolute Gasteiger partial charge is 0.319 e. The van der Waals surface area contributed by atoms with Crippen LogP contribution in [0.1, 0.15) is 17.8 Å². The van der Waals surface area contributed by atoms with Gasteiger partial charge in [-0.25, -0.2) is 0 Å². The third kappa shape index (κ3) is 2.26. The minimum atomic E-state index is -1.47. The van der Waals surface area contributed by atoms with E-state index in [9.17, 15) is 14.7 Å². The zero-order valence-electron chi connectivity index (χ0n) is 10.2. The van der Waals surface area contributed by atoms with Crippen LogP contribution in [0.15, 0.2) is 18.2 Å². The highest BCUT2D eigenvalue weighted by Gasteiger charge is 2.48. The van der Waals surface area contributed by atoms with E-state index < -0.39 is 11.4 Å². The number of carboxylic acids is 1. The van der Waals surface area contributed by atoms with Gasteiger partial charge in [0.1, 0.15) is 0 Å². The molecule has 1 aromatic rings. The molecule has 0 aliphatic carbocycles. The average molecular weight is 249 g/mol. The molecule has 1 atom stereocenters. The molecule has 1 saturated heterocycles. The first-order valence-electron chi connectivity index (χ1n) is 5.81. The van der Waals surface area contributed by atoms with Crippen molar-refractivity contribution >= 4 is 11.8 Å². The summed E-state index contributed by atoms with van der Waals surface area (Å²) in [5, 5.41) is 9.36. The fraction of sp³-hybridized carbons (Fsp3) is 0.462. The number of aryl methyl sites for hydroxylation is 1. The van der Waals surface area contributed by atoms with Crippen LogP contribution in [0.3, 0.4) is 0 Å². The summed E-state index contributed by atoms with van der Waals surface area (Å²) in [5.41, 5.74) is -0.0626. The van der Waals surface area contributed by atoms with Gasteiger partial charge in [-0.3, -0.25) is 14.6 Å². The van der Waals surface area contributed by atoms with Gasteiger partial charge in [-0.2, -0.15) is 0 Å². The topological polar surface area (TPSA) is 76.5 Å². The van der Waals surface area contributed by atoms with Crippen molar-refractivity contribution in [1.29, 1.82) is 0 Å². The van der Waals surface area contributed by atoms with E-state index in [-0.39, 0.29) is 25.2 Å². The molecule has 2 heterocycles. The molecule has 0 radical (unpaired) electrons. The van der Waals surface area contributed by atoms with Gasteiger partial charge in [-0.05, 0) is 19.1 Å². The third-order valence-corrected chi connectivity index (χ3v) is 3.19. The lowest BCUT2D eigenvalue weighted by molar-refractivity contribution is -0.164. The van der Waals surface area contributed by atoms with E-state index in [1.54, 1.807) is 12.1 Å². The quantitative estimate of drug-likeness (QED) is 0.808. The minimum Gasteiger partial charge on any atom is -0.480 e. The first kappa shape index (κ1) is 12.7. The largest absolute Gasteiger partial charge is 0.480 e. The normalized spacial score (nSPS) is 23.9. The van der Waals surface area contributed by atoms with Crippen molar-refractivity contribution in [1.82, 2.24) is 4.98 Å². The average Bonchev–Trinajstić information content (AvgIpc) is 2.32. The summed E-state index contributed by atoms with van der Waals surface area (Å²) < 4.78 is 5.19. The molecule has 5 heteroatoms. The van der Waals surface area contributed by atoms with Crippen LogP contribution >= 0.6 is 0 Å². The zero-order valence-corrected chi connectivity index (χ0v) is 10.2. The van der Waals surface area contributed by atoms with Gasteiger partial charge >= 0.3 is 5.97 Å². The second kappa shape index (κ2) is 4.86. The van der Waals surface area contributed by atoms with Gasteiger partial charge in [0.2, 0.25) is 0 Å². The number of carbonyl (C=O) groups is 2. The number of ketones is 1. The Morgan fingerprint density at radius 1 is 1.56 bits per heavy atom. The number of hydrogen-bond donors (Lipinski definition) is 1. The highest BCUT2D eigenvalue weighted by atomic mass is 16.5. The molecule has 1 aromatic heterocycles. The SMILES string of the molecule is Cc1cccc(CC2(C(=O)O)COCCC2=O)n1. The second-order valence-corrected chi connectivity index (χ2v) is 4.56. The van der Waals surface area contributed by atoms with Crippen LogP contribution in [0, 0.1) is 12.3 Å². The van der Waals surface area contributed by atoms with Crippen molar-refractivity contribution in [2.75, 3.05) is 13.2 Å². The summed E-state index contributed by atoms with van der Waals surface area (Å²) in [6, 6.07) is 5.37. The van der Waals surface area contributed by atoms with E-state index in [4.69, 9.17) is 4.74 Å². The Hall–Kier alpha value is -1.75. The van der Waals surface area contributed by atoms with E-state index in [2.05, 4.69) is 4.98 Å². The van der Waals surface area contributed by atoms with Crippen molar-refractivity contribution in [3.8, 4) is 0 Å². The van der Waals surface area contributed by atoms with E-state index in [0.717, 1.165) is 5.69 Å². The molecule has 2 rings (SSSR count). The van der Waals surface area contributed by atoms with Crippen LogP contribution in [0.5, 0.6) is 0 Å². The molecule has 1 aliphatic rings. The molecule has 0 spiro atoms. The molecule has 1 unspecified atom stereocenters. The molecule has 0 amide bonds. The number of carboxylic acid groups (broad SMARTS) is 1. The molecular weight excluding hydrogens is 234 g/mol. The predicted molar refractivity (Wildman–Crippen MR) is 63.2 cm³/mol. The number of ether oxygens (including phenoxy) is 1. The summed E-state index contributed by atoms with van der Waals surface area (Å²) in [6.45, 7) is 2.06.